The quantitative estimate of drug-likeness (QED) is 0.836. The van der Waals surface area contributed by atoms with Gasteiger partial charge in [0.15, 0.2) is 5.76 Å². The Labute approximate surface area is 118 Å². The SMILES string of the molecule is Cc1cc(CNS(=O)(=O)c2c(C)cc(N)cc2C)on1. The first-order chi connectivity index (χ1) is 9.29. The number of benzene rings is 1. The summed E-state index contributed by atoms with van der Waals surface area (Å²) in [5, 5.41) is 3.71. The van der Waals surface area contributed by atoms with Gasteiger partial charge >= 0.3 is 0 Å². The van der Waals surface area contributed by atoms with Gasteiger partial charge in [0.2, 0.25) is 10.0 Å². The van der Waals surface area contributed by atoms with E-state index in [1.807, 2.05) is 0 Å². The fraction of sp³-hybridized carbons (Fsp3) is 0.308. The van der Waals surface area contributed by atoms with Crippen molar-refractivity contribution in [2.24, 2.45) is 0 Å². The Hall–Kier alpha value is -1.86. The number of aryl methyl sites for hydroxylation is 3. The van der Waals surface area contributed by atoms with Gasteiger partial charge in [-0.2, -0.15) is 0 Å². The van der Waals surface area contributed by atoms with Crippen molar-refractivity contribution in [2.45, 2.75) is 32.2 Å². The van der Waals surface area contributed by atoms with E-state index in [-0.39, 0.29) is 11.4 Å². The number of rotatable bonds is 4. The predicted molar refractivity (Wildman–Crippen MR) is 75.6 cm³/mol. The first-order valence-corrected chi connectivity index (χ1v) is 7.56. The molecule has 0 aliphatic rings. The van der Waals surface area contributed by atoms with E-state index < -0.39 is 10.0 Å². The molecule has 0 amide bonds. The second kappa shape index (κ2) is 5.26. The third kappa shape index (κ3) is 3.00. The van der Waals surface area contributed by atoms with E-state index in [2.05, 4.69) is 9.88 Å². The van der Waals surface area contributed by atoms with Crippen molar-refractivity contribution in [1.29, 1.82) is 0 Å². The molecular weight excluding hydrogens is 278 g/mol. The topological polar surface area (TPSA) is 98.2 Å². The van der Waals surface area contributed by atoms with Crippen LogP contribution in [0.15, 0.2) is 27.6 Å². The number of nitrogens with one attached hydrogen (secondary N) is 1. The molecule has 2 aromatic rings. The van der Waals surface area contributed by atoms with Gasteiger partial charge in [-0.1, -0.05) is 5.16 Å². The van der Waals surface area contributed by atoms with Crippen LogP contribution in [-0.4, -0.2) is 13.6 Å². The minimum absolute atomic E-state index is 0.0619. The molecule has 7 heteroatoms. The third-order valence-electron chi connectivity index (χ3n) is 2.86. The third-order valence-corrected chi connectivity index (χ3v) is 4.57. The van der Waals surface area contributed by atoms with Crippen LogP contribution in [0.2, 0.25) is 0 Å². The molecule has 0 atom stereocenters. The molecule has 2 rings (SSSR count). The van der Waals surface area contributed by atoms with Gasteiger partial charge in [0.05, 0.1) is 17.1 Å². The maximum absolute atomic E-state index is 12.4. The average Bonchev–Trinajstić information content (AvgIpc) is 2.71. The monoisotopic (exact) mass is 295 g/mol. The Morgan fingerprint density at radius 2 is 1.80 bits per heavy atom. The zero-order valence-corrected chi connectivity index (χ0v) is 12.4. The van der Waals surface area contributed by atoms with Crippen LogP contribution >= 0.6 is 0 Å². The zero-order valence-electron chi connectivity index (χ0n) is 11.6. The fourth-order valence-electron chi connectivity index (χ4n) is 2.15. The van der Waals surface area contributed by atoms with Gasteiger partial charge in [0, 0.05) is 11.8 Å². The summed E-state index contributed by atoms with van der Waals surface area (Å²) in [6.45, 7) is 5.27. The van der Waals surface area contributed by atoms with Crippen molar-refractivity contribution < 1.29 is 12.9 Å². The van der Waals surface area contributed by atoms with Crippen LogP contribution in [0.3, 0.4) is 0 Å². The summed E-state index contributed by atoms with van der Waals surface area (Å²) in [7, 11) is -3.62. The van der Waals surface area contributed by atoms with E-state index in [1.165, 1.54) is 0 Å². The highest BCUT2D eigenvalue weighted by atomic mass is 32.2. The van der Waals surface area contributed by atoms with Crippen molar-refractivity contribution in [3.05, 3.63) is 40.8 Å². The van der Waals surface area contributed by atoms with Crippen molar-refractivity contribution in [3.63, 3.8) is 0 Å². The number of hydrogen-bond donors (Lipinski definition) is 2. The van der Waals surface area contributed by atoms with Crippen molar-refractivity contribution in [1.82, 2.24) is 9.88 Å². The molecule has 0 bridgehead atoms. The van der Waals surface area contributed by atoms with Gasteiger partial charge in [-0.3, -0.25) is 0 Å². The summed E-state index contributed by atoms with van der Waals surface area (Å²) in [6.07, 6.45) is 0. The molecule has 20 heavy (non-hydrogen) atoms. The first kappa shape index (κ1) is 14.5. The van der Waals surface area contributed by atoms with Crippen LogP contribution in [0.5, 0.6) is 0 Å². The minimum atomic E-state index is -3.62. The lowest BCUT2D eigenvalue weighted by Gasteiger charge is -2.12. The molecule has 0 aliphatic carbocycles. The maximum Gasteiger partial charge on any atom is 0.241 e. The van der Waals surface area contributed by atoms with E-state index in [0.29, 0.717) is 28.3 Å². The summed E-state index contributed by atoms with van der Waals surface area (Å²) >= 11 is 0. The summed E-state index contributed by atoms with van der Waals surface area (Å²) in [5.74, 6) is 0.469. The fourth-order valence-corrected chi connectivity index (χ4v) is 3.59. The number of anilines is 1. The molecule has 0 spiro atoms. The Morgan fingerprint density at radius 1 is 1.20 bits per heavy atom. The highest BCUT2D eigenvalue weighted by Gasteiger charge is 2.20. The van der Waals surface area contributed by atoms with E-state index in [1.54, 1.807) is 39.0 Å². The van der Waals surface area contributed by atoms with Crippen LogP contribution < -0.4 is 10.5 Å². The summed E-state index contributed by atoms with van der Waals surface area (Å²) in [4.78, 5) is 0.253. The highest BCUT2D eigenvalue weighted by molar-refractivity contribution is 7.89. The number of sulfonamides is 1. The molecule has 3 N–H and O–H groups in total. The Balaban J connectivity index is 2.27. The molecule has 1 aromatic heterocycles. The molecule has 1 aromatic carbocycles. The summed E-state index contributed by atoms with van der Waals surface area (Å²) < 4.78 is 32.2. The van der Waals surface area contributed by atoms with E-state index in [0.717, 1.165) is 0 Å². The summed E-state index contributed by atoms with van der Waals surface area (Å²) in [5.41, 5.74) is 8.18. The van der Waals surface area contributed by atoms with Crippen molar-refractivity contribution in [2.75, 3.05) is 5.73 Å². The molecule has 0 saturated carbocycles. The number of hydrogen-bond acceptors (Lipinski definition) is 5. The standard InChI is InChI=1S/C13H17N3O3S/c1-8-4-11(14)5-9(2)13(8)20(17,18)15-7-12-6-10(3)16-19-12/h4-6,15H,7,14H2,1-3H3. The van der Waals surface area contributed by atoms with Gasteiger partial charge in [0.25, 0.3) is 0 Å². The van der Waals surface area contributed by atoms with Crippen LogP contribution in [0.1, 0.15) is 22.6 Å². The van der Waals surface area contributed by atoms with Crippen molar-refractivity contribution >= 4 is 15.7 Å². The Morgan fingerprint density at radius 3 is 2.30 bits per heavy atom. The Kier molecular flexibility index (Phi) is 3.82. The van der Waals surface area contributed by atoms with Gasteiger partial charge in [-0.25, -0.2) is 13.1 Å². The molecule has 0 aliphatic heterocycles. The molecule has 0 saturated heterocycles. The number of nitrogens with zero attached hydrogens (tertiary/aromatic N) is 1. The number of nitrogen functional groups attached to an aromatic ring is 1. The first-order valence-electron chi connectivity index (χ1n) is 6.08. The number of aromatic nitrogens is 1. The van der Waals surface area contributed by atoms with Crippen molar-refractivity contribution in [3.8, 4) is 0 Å². The van der Waals surface area contributed by atoms with Gasteiger partial charge in [-0.05, 0) is 44.0 Å². The summed E-state index contributed by atoms with van der Waals surface area (Å²) in [6, 6.07) is 4.96. The van der Waals surface area contributed by atoms with Gasteiger partial charge in [0.1, 0.15) is 0 Å². The normalized spacial score (nSPS) is 11.8. The lowest BCUT2D eigenvalue weighted by atomic mass is 10.1. The molecule has 0 unspecified atom stereocenters. The molecule has 1 heterocycles. The second-order valence-electron chi connectivity index (χ2n) is 4.74. The van der Waals surface area contributed by atoms with E-state index >= 15 is 0 Å². The van der Waals surface area contributed by atoms with Crippen LogP contribution in [0.25, 0.3) is 0 Å². The van der Waals surface area contributed by atoms with Gasteiger partial charge in [-0.15, -0.1) is 0 Å². The van der Waals surface area contributed by atoms with Crippen LogP contribution in [0.4, 0.5) is 5.69 Å². The Bertz CT molecular complexity index is 712. The maximum atomic E-state index is 12.4. The predicted octanol–water partition coefficient (Wildman–Crippen LogP) is 1.66. The molecule has 108 valence electrons. The lowest BCUT2D eigenvalue weighted by Crippen LogP contribution is -2.24. The average molecular weight is 295 g/mol. The molecule has 0 radical (unpaired) electrons. The number of nitrogens with two attached hydrogens (primary N) is 1. The van der Waals surface area contributed by atoms with E-state index in [9.17, 15) is 8.42 Å². The van der Waals surface area contributed by atoms with E-state index in [4.69, 9.17) is 10.3 Å². The van der Waals surface area contributed by atoms with Crippen LogP contribution in [-0.2, 0) is 16.6 Å². The smallest absolute Gasteiger partial charge is 0.241 e. The highest BCUT2D eigenvalue weighted by Crippen LogP contribution is 2.23. The molecule has 6 nitrogen and oxygen atoms in total. The second-order valence-corrected chi connectivity index (χ2v) is 6.45. The minimum Gasteiger partial charge on any atom is -0.399 e. The largest absolute Gasteiger partial charge is 0.399 e. The zero-order chi connectivity index (χ0) is 14.9. The molecule has 0 fully saturated rings. The van der Waals surface area contributed by atoms with Crippen LogP contribution in [0, 0.1) is 20.8 Å². The molecular formula is C13H17N3O3S. The van der Waals surface area contributed by atoms with Gasteiger partial charge < -0.3 is 10.3 Å². The lowest BCUT2D eigenvalue weighted by molar-refractivity contribution is 0.377.